The van der Waals surface area contributed by atoms with Gasteiger partial charge in [-0.1, -0.05) is 54.6 Å². The van der Waals surface area contributed by atoms with Gasteiger partial charge in [-0.2, -0.15) is 5.26 Å². The van der Waals surface area contributed by atoms with E-state index >= 15 is 0 Å². The van der Waals surface area contributed by atoms with Gasteiger partial charge in [-0.25, -0.2) is 0 Å². The first kappa shape index (κ1) is 18.7. The first-order chi connectivity index (χ1) is 16.8. The number of hydrogen-bond acceptors (Lipinski definition) is 3. The number of para-hydroxylation sites is 3. The van der Waals surface area contributed by atoms with Gasteiger partial charge < -0.3 is 8.98 Å². The molecule has 0 unspecified atom stereocenters. The Balaban J connectivity index is 1.64. The number of benzene rings is 4. The molecule has 0 bridgehead atoms. The summed E-state index contributed by atoms with van der Waals surface area (Å²) in [6.45, 7) is 0. The third-order valence-electron chi connectivity index (χ3n) is 6.50. The Bertz CT molecular complexity index is 1930. The number of hydrogen-bond donors (Lipinski definition) is 0. The molecule has 158 valence electrons. The topological polar surface area (TPSA) is 54.8 Å². The molecule has 34 heavy (non-hydrogen) atoms. The highest BCUT2D eigenvalue weighted by molar-refractivity contribution is 6.17. The van der Waals surface area contributed by atoms with Gasteiger partial charge in [0, 0.05) is 33.3 Å². The average molecular weight is 435 g/mol. The van der Waals surface area contributed by atoms with Crippen LogP contribution in [0.25, 0.3) is 60.7 Å². The minimum absolute atomic E-state index is 0.555. The third-order valence-corrected chi connectivity index (χ3v) is 6.50. The number of furan rings is 1. The normalized spacial score (nSPS) is 11.5. The highest BCUT2D eigenvalue weighted by Crippen LogP contribution is 2.40. The van der Waals surface area contributed by atoms with E-state index < -0.39 is 0 Å². The molecule has 0 fully saturated rings. The van der Waals surface area contributed by atoms with E-state index in [2.05, 4.69) is 64.2 Å². The maximum absolute atomic E-state index is 9.73. The Morgan fingerprint density at radius 3 is 2.38 bits per heavy atom. The summed E-state index contributed by atoms with van der Waals surface area (Å²) in [5, 5.41) is 14.2. The molecule has 0 spiro atoms. The van der Waals surface area contributed by atoms with Crippen LogP contribution >= 0.6 is 0 Å². The average Bonchev–Trinajstić information content (AvgIpc) is 3.42. The maximum atomic E-state index is 9.73. The zero-order chi connectivity index (χ0) is 22.6. The van der Waals surface area contributed by atoms with Crippen molar-refractivity contribution in [3.8, 4) is 23.0 Å². The standard InChI is InChI=1S/C30H17N3O/c31-18-19-8-7-15-32-30(19)22-11-2-5-13-26(22)33-25-12-4-1-9-20(25)23-17-29-24(16-27(23)33)21-10-3-6-14-28(21)34-29/h1-17H. The zero-order valence-corrected chi connectivity index (χ0v) is 18.1. The quantitative estimate of drug-likeness (QED) is 0.281. The molecule has 0 saturated carbocycles. The fourth-order valence-electron chi connectivity index (χ4n) is 5.03. The largest absolute Gasteiger partial charge is 0.456 e. The van der Waals surface area contributed by atoms with E-state index in [1.54, 1.807) is 12.3 Å². The maximum Gasteiger partial charge on any atom is 0.136 e. The van der Waals surface area contributed by atoms with Crippen molar-refractivity contribution in [2.45, 2.75) is 0 Å². The summed E-state index contributed by atoms with van der Waals surface area (Å²) in [5.41, 5.74) is 7.07. The molecule has 0 aliphatic heterocycles. The molecule has 0 N–H and O–H groups in total. The molecule has 7 aromatic rings. The Labute approximate surface area is 194 Å². The van der Waals surface area contributed by atoms with E-state index in [1.165, 1.54) is 0 Å². The van der Waals surface area contributed by atoms with Crippen molar-refractivity contribution >= 4 is 43.7 Å². The first-order valence-electron chi connectivity index (χ1n) is 11.1. The second kappa shape index (κ2) is 7.06. The van der Waals surface area contributed by atoms with Crippen molar-refractivity contribution in [3.05, 3.63) is 109 Å². The lowest BCUT2D eigenvalue weighted by Gasteiger charge is -2.14. The summed E-state index contributed by atoms with van der Waals surface area (Å²) in [6.07, 6.45) is 1.74. The van der Waals surface area contributed by atoms with E-state index in [1.807, 2.05) is 42.5 Å². The highest BCUT2D eigenvalue weighted by atomic mass is 16.3. The van der Waals surface area contributed by atoms with Gasteiger partial charge in [0.15, 0.2) is 0 Å². The van der Waals surface area contributed by atoms with Crippen LogP contribution in [0.2, 0.25) is 0 Å². The van der Waals surface area contributed by atoms with Gasteiger partial charge in [0.05, 0.1) is 28.0 Å². The third kappa shape index (κ3) is 2.55. The molecule has 4 heteroatoms. The molecular weight excluding hydrogens is 418 g/mol. The van der Waals surface area contributed by atoms with Crippen LogP contribution in [0.4, 0.5) is 0 Å². The molecular formula is C30H17N3O. The number of nitrogens with zero attached hydrogens (tertiary/aromatic N) is 3. The van der Waals surface area contributed by atoms with Gasteiger partial charge in [0.1, 0.15) is 17.2 Å². The Hall–Kier alpha value is -4.88. The van der Waals surface area contributed by atoms with E-state index in [0.717, 1.165) is 55.0 Å². The summed E-state index contributed by atoms with van der Waals surface area (Å²) in [5.74, 6) is 0. The molecule has 0 atom stereocenters. The van der Waals surface area contributed by atoms with Crippen molar-refractivity contribution in [3.63, 3.8) is 0 Å². The molecule has 0 aliphatic carbocycles. The van der Waals surface area contributed by atoms with Crippen LogP contribution in [0, 0.1) is 11.3 Å². The molecule has 3 heterocycles. The predicted octanol–water partition coefficient (Wildman–Crippen LogP) is 7.62. The SMILES string of the molecule is N#Cc1cccnc1-c1ccccc1-n1c2ccccc2c2cc3oc4ccccc4c3cc21. The highest BCUT2D eigenvalue weighted by Gasteiger charge is 2.19. The van der Waals surface area contributed by atoms with Crippen LogP contribution in [0.5, 0.6) is 0 Å². The number of nitriles is 1. The van der Waals surface area contributed by atoms with Gasteiger partial charge in [-0.05, 0) is 42.5 Å². The number of rotatable bonds is 2. The van der Waals surface area contributed by atoms with Crippen molar-refractivity contribution in [2.24, 2.45) is 0 Å². The van der Waals surface area contributed by atoms with Crippen LogP contribution in [0.3, 0.4) is 0 Å². The minimum Gasteiger partial charge on any atom is -0.456 e. The number of pyridine rings is 1. The van der Waals surface area contributed by atoms with Crippen LogP contribution in [-0.2, 0) is 0 Å². The van der Waals surface area contributed by atoms with Crippen molar-refractivity contribution in [1.82, 2.24) is 9.55 Å². The lowest BCUT2D eigenvalue weighted by molar-refractivity contribution is 0.669. The molecule has 0 aliphatic rings. The van der Waals surface area contributed by atoms with E-state index in [4.69, 9.17) is 4.42 Å². The summed E-state index contributed by atoms with van der Waals surface area (Å²) >= 11 is 0. The van der Waals surface area contributed by atoms with Crippen molar-refractivity contribution in [2.75, 3.05) is 0 Å². The minimum atomic E-state index is 0.555. The lowest BCUT2D eigenvalue weighted by atomic mass is 10.0. The van der Waals surface area contributed by atoms with Gasteiger partial charge in [0.25, 0.3) is 0 Å². The molecule has 4 nitrogen and oxygen atoms in total. The predicted molar refractivity (Wildman–Crippen MR) is 136 cm³/mol. The van der Waals surface area contributed by atoms with Gasteiger partial charge >= 0.3 is 0 Å². The van der Waals surface area contributed by atoms with Crippen LogP contribution in [0.15, 0.2) is 108 Å². The summed E-state index contributed by atoms with van der Waals surface area (Å²) in [4.78, 5) is 4.58. The molecule has 0 radical (unpaired) electrons. The summed E-state index contributed by atoms with van der Waals surface area (Å²) in [7, 11) is 0. The Morgan fingerprint density at radius 2 is 1.47 bits per heavy atom. The zero-order valence-electron chi connectivity index (χ0n) is 18.1. The number of fused-ring (bicyclic) bond motifs is 6. The molecule has 0 amide bonds. The molecule has 7 rings (SSSR count). The fraction of sp³-hybridized carbons (Fsp3) is 0. The summed E-state index contributed by atoms with van der Waals surface area (Å²) in [6, 6.07) is 35.0. The molecule has 3 aromatic heterocycles. The van der Waals surface area contributed by atoms with Crippen LogP contribution in [0.1, 0.15) is 5.56 Å². The fourth-order valence-corrected chi connectivity index (χ4v) is 5.03. The molecule has 0 saturated heterocycles. The second-order valence-corrected chi connectivity index (χ2v) is 8.34. The second-order valence-electron chi connectivity index (χ2n) is 8.34. The van der Waals surface area contributed by atoms with Crippen LogP contribution < -0.4 is 0 Å². The van der Waals surface area contributed by atoms with E-state index in [9.17, 15) is 5.26 Å². The monoisotopic (exact) mass is 435 g/mol. The Morgan fingerprint density at radius 1 is 0.676 bits per heavy atom. The lowest BCUT2D eigenvalue weighted by Crippen LogP contribution is -1.99. The molecule has 4 aromatic carbocycles. The van der Waals surface area contributed by atoms with E-state index in [0.29, 0.717) is 11.3 Å². The Kier molecular flexibility index (Phi) is 3.88. The van der Waals surface area contributed by atoms with Crippen molar-refractivity contribution in [1.29, 1.82) is 5.26 Å². The van der Waals surface area contributed by atoms with Crippen molar-refractivity contribution < 1.29 is 4.42 Å². The first-order valence-corrected chi connectivity index (χ1v) is 11.1. The van der Waals surface area contributed by atoms with Gasteiger partial charge in [-0.3, -0.25) is 4.98 Å². The van der Waals surface area contributed by atoms with Gasteiger partial charge in [-0.15, -0.1) is 0 Å². The van der Waals surface area contributed by atoms with E-state index in [-0.39, 0.29) is 0 Å². The van der Waals surface area contributed by atoms with Crippen LogP contribution in [-0.4, -0.2) is 9.55 Å². The smallest absolute Gasteiger partial charge is 0.136 e. The van der Waals surface area contributed by atoms with Gasteiger partial charge in [0.2, 0.25) is 0 Å². The summed E-state index contributed by atoms with van der Waals surface area (Å²) < 4.78 is 8.47. The number of aromatic nitrogens is 2.